The van der Waals surface area contributed by atoms with Crippen molar-refractivity contribution < 1.29 is 9.13 Å². The zero-order valence-electron chi connectivity index (χ0n) is 8.75. The molecule has 78 valence electrons. The van der Waals surface area contributed by atoms with Crippen molar-refractivity contribution in [2.75, 3.05) is 0 Å². The van der Waals surface area contributed by atoms with E-state index in [2.05, 4.69) is 6.58 Å². The van der Waals surface area contributed by atoms with Gasteiger partial charge in [-0.05, 0) is 31.5 Å². The lowest BCUT2D eigenvalue weighted by molar-refractivity contribution is 0.269. The van der Waals surface area contributed by atoms with E-state index in [4.69, 9.17) is 10.00 Å². The summed E-state index contributed by atoms with van der Waals surface area (Å²) in [7, 11) is 0. The quantitative estimate of drug-likeness (QED) is 0.711. The monoisotopic (exact) mass is 205 g/mol. The van der Waals surface area contributed by atoms with Gasteiger partial charge in [-0.1, -0.05) is 12.7 Å². The first-order chi connectivity index (χ1) is 7.08. The van der Waals surface area contributed by atoms with Gasteiger partial charge < -0.3 is 4.74 Å². The van der Waals surface area contributed by atoms with E-state index < -0.39 is 5.82 Å². The molecule has 2 nitrogen and oxygen atoms in total. The van der Waals surface area contributed by atoms with Crippen LogP contribution >= 0.6 is 0 Å². The Labute approximate surface area is 88.6 Å². The van der Waals surface area contributed by atoms with E-state index in [1.807, 2.05) is 6.07 Å². The van der Waals surface area contributed by atoms with E-state index in [9.17, 15) is 4.39 Å². The maximum absolute atomic E-state index is 13.1. The third-order valence-corrected chi connectivity index (χ3v) is 2.03. The fourth-order valence-corrected chi connectivity index (χ4v) is 1.09. The molecule has 0 aliphatic heterocycles. The average Bonchev–Trinajstić information content (AvgIpc) is 2.22. The second kappa shape index (κ2) is 4.61. The first kappa shape index (κ1) is 11.3. The SMILES string of the molecule is C=CC(C)Oc1cc(C)c(F)cc1C#N. The van der Waals surface area contributed by atoms with Crippen LogP contribution in [0.4, 0.5) is 4.39 Å². The number of nitrogens with zero attached hydrogens (tertiary/aromatic N) is 1. The summed E-state index contributed by atoms with van der Waals surface area (Å²) in [5.41, 5.74) is 0.659. The van der Waals surface area contributed by atoms with Crippen LogP contribution in [0.25, 0.3) is 0 Å². The predicted octanol–water partition coefficient (Wildman–Crippen LogP) is 2.96. The lowest BCUT2D eigenvalue weighted by atomic mass is 10.1. The van der Waals surface area contributed by atoms with Crippen LogP contribution in [0.15, 0.2) is 24.8 Å². The van der Waals surface area contributed by atoms with Gasteiger partial charge >= 0.3 is 0 Å². The Morgan fingerprint density at radius 1 is 1.60 bits per heavy atom. The molecule has 15 heavy (non-hydrogen) atoms. The second-order valence-electron chi connectivity index (χ2n) is 3.27. The van der Waals surface area contributed by atoms with Crippen molar-refractivity contribution in [3.05, 3.63) is 41.7 Å². The predicted molar refractivity (Wildman–Crippen MR) is 56.1 cm³/mol. The molecule has 0 fully saturated rings. The summed E-state index contributed by atoms with van der Waals surface area (Å²) < 4.78 is 18.6. The van der Waals surface area contributed by atoms with Crippen molar-refractivity contribution in [1.82, 2.24) is 0 Å². The molecular formula is C12H12FNO. The molecule has 1 aromatic rings. The van der Waals surface area contributed by atoms with Gasteiger partial charge in [0, 0.05) is 0 Å². The molecule has 0 aliphatic rings. The molecule has 0 bridgehead atoms. The molecule has 0 heterocycles. The highest BCUT2D eigenvalue weighted by molar-refractivity contribution is 5.45. The third-order valence-electron chi connectivity index (χ3n) is 2.03. The number of ether oxygens (including phenoxy) is 1. The van der Waals surface area contributed by atoms with Gasteiger partial charge in [0.1, 0.15) is 23.7 Å². The maximum atomic E-state index is 13.1. The number of nitriles is 1. The normalized spacial score (nSPS) is 11.6. The number of hydrogen-bond acceptors (Lipinski definition) is 2. The van der Waals surface area contributed by atoms with Crippen LogP contribution in [-0.4, -0.2) is 6.10 Å². The van der Waals surface area contributed by atoms with Crippen molar-refractivity contribution in [3.8, 4) is 11.8 Å². The zero-order valence-corrected chi connectivity index (χ0v) is 8.75. The standard InChI is InChI=1S/C12H12FNO/c1-4-9(3)15-12-5-8(2)11(13)6-10(12)7-14/h4-6,9H,1H2,2-3H3. The molecule has 0 spiro atoms. The van der Waals surface area contributed by atoms with Gasteiger partial charge in [-0.25, -0.2) is 4.39 Å². The molecule has 3 heteroatoms. The fourth-order valence-electron chi connectivity index (χ4n) is 1.09. The Bertz CT molecular complexity index is 420. The fraction of sp³-hybridized carbons (Fsp3) is 0.250. The van der Waals surface area contributed by atoms with Gasteiger partial charge in [0.05, 0.1) is 5.56 Å². The summed E-state index contributed by atoms with van der Waals surface area (Å²) in [6.45, 7) is 7.00. The molecule has 0 saturated heterocycles. The van der Waals surface area contributed by atoms with Crippen LogP contribution in [0, 0.1) is 24.1 Å². The first-order valence-corrected chi connectivity index (χ1v) is 4.58. The first-order valence-electron chi connectivity index (χ1n) is 4.58. The lowest BCUT2D eigenvalue weighted by Crippen LogP contribution is -2.09. The smallest absolute Gasteiger partial charge is 0.138 e. The summed E-state index contributed by atoms with van der Waals surface area (Å²) in [6.07, 6.45) is 1.40. The number of aryl methyl sites for hydroxylation is 1. The van der Waals surface area contributed by atoms with Crippen molar-refractivity contribution in [2.24, 2.45) is 0 Å². The second-order valence-corrected chi connectivity index (χ2v) is 3.27. The van der Waals surface area contributed by atoms with Crippen molar-refractivity contribution in [1.29, 1.82) is 5.26 Å². The molecule has 1 rings (SSSR count). The van der Waals surface area contributed by atoms with E-state index in [0.717, 1.165) is 0 Å². The van der Waals surface area contributed by atoms with Crippen molar-refractivity contribution >= 4 is 0 Å². The van der Waals surface area contributed by atoms with Gasteiger partial charge in [0.15, 0.2) is 0 Å². The summed E-state index contributed by atoms with van der Waals surface area (Å²) >= 11 is 0. The van der Waals surface area contributed by atoms with Crippen LogP contribution in [0.5, 0.6) is 5.75 Å². The van der Waals surface area contributed by atoms with Gasteiger partial charge in [-0.15, -0.1) is 0 Å². The molecule has 0 N–H and O–H groups in total. The van der Waals surface area contributed by atoms with E-state index >= 15 is 0 Å². The highest BCUT2D eigenvalue weighted by Gasteiger charge is 2.09. The molecule has 0 radical (unpaired) electrons. The Hall–Kier alpha value is -1.82. The average molecular weight is 205 g/mol. The minimum Gasteiger partial charge on any atom is -0.485 e. The number of benzene rings is 1. The topological polar surface area (TPSA) is 33.0 Å². The summed E-state index contributed by atoms with van der Waals surface area (Å²) in [4.78, 5) is 0. The summed E-state index contributed by atoms with van der Waals surface area (Å²) in [5.74, 6) is -0.00560. The van der Waals surface area contributed by atoms with Crippen LogP contribution in [0.3, 0.4) is 0 Å². The van der Waals surface area contributed by atoms with E-state index in [1.165, 1.54) is 12.1 Å². The summed E-state index contributed by atoms with van der Waals surface area (Å²) in [6, 6.07) is 4.60. The lowest BCUT2D eigenvalue weighted by Gasteiger charge is -2.12. The molecule has 1 aromatic carbocycles. The van der Waals surface area contributed by atoms with Gasteiger partial charge in [-0.3, -0.25) is 0 Å². The highest BCUT2D eigenvalue weighted by atomic mass is 19.1. The van der Waals surface area contributed by atoms with Crippen molar-refractivity contribution in [3.63, 3.8) is 0 Å². The zero-order chi connectivity index (χ0) is 11.4. The number of halogens is 1. The molecule has 0 amide bonds. The number of hydrogen-bond donors (Lipinski definition) is 0. The minimum atomic E-state index is -0.398. The van der Waals surface area contributed by atoms with Gasteiger partial charge in [-0.2, -0.15) is 5.26 Å². The number of rotatable bonds is 3. The molecule has 1 unspecified atom stereocenters. The van der Waals surface area contributed by atoms with Crippen LogP contribution < -0.4 is 4.74 Å². The molecule has 0 aliphatic carbocycles. The molecule has 1 atom stereocenters. The van der Waals surface area contributed by atoms with E-state index in [0.29, 0.717) is 11.3 Å². The maximum Gasteiger partial charge on any atom is 0.138 e. The van der Waals surface area contributed by atoms with Crippen LogP contribution in [0.2, 0.25) is 0 Å². The molecule has 0 saturated carbocycles. The van der Waals surface area contributed by atoms with Crippen molar-refractivity contribution in [2.45, 2.75) is 20.0 Å². The Morgan fingerprint density at radius 3 is 2.80 bits per heavy atom. The molecular weight excluding hydrogens is 193 g/mol. The molecule has 0 aromatic heterocycles. The van der Waals surface area contributed by atoms with Crippen LogP contribution in [0.1, 0.15) is 18.1 Å². The Morgan fingerprint density at radius 2 is 2.27 bits per heavy atom. The van der Waals surface area contributed by atoms with Gasteiger partial charge in [0.2, 0.25) is 0 Å². The largest absolute Gasteiger partial charge is 0.485 e. The Balaban J connectivity index is 3.11. The summed E-state index contributed by atoms with van der Waals surface area (Å²) in [5, 5.41) is 8.80. The third kappa shape index (κ3) is 2.57. The highest BCUT2D eigenvalue weighted by Crippen LogP contribution is 2.23. The Kier molecular flexibility index (Phi) is 3.46. The van der Waals surface area contributed by atoms with E-state index in [1.54, 1.807) is 19.9 Å². The minimum absolute atomic E-state index is 0.201. The van der Waals surface area contributed by atoms with E-state index in [-0.39, 0.29) is 11.7 Å². The van der Waals surface area contributed by atoms with Crippen LogP contribution in [-0.2, 0) is 0 Å². The van der Waals surface area contributed by atoms with Gasteiger partial charge in [0.25, 0.3) is 0 Å².